The van der Waals surface area contributed by atoms with Gasteiger partial charge in [0.25, 0.3) is 0 Å². The van der Waals surface area contributed by atoms with Crippen molar-refractivity contribution < 1.29 is 0 Å². The number of hydrogen-bond acceptors (Lipinski definition) is 1. The van der Waals surface area contributed by atoms with Gasteiger partial charge in [0, 0.05) is 6.04 Å². The SMILES string of the molecule is C=C/C=C(/CC=C)C(C)NC. The Morgan fingerprint density at radius 1 is 1.55 bits per heavy atom. The largest absolute Gasteiger partial charge is 0.314 e. The lowest BCUT2D eigenvalue weighted by molar-refractivity contribution is 0.680. The molecule has 0 fully saturated rings. The summed E-state index contributed by atoms with van der Waals surface area (Å²) >= 11 is 0. The van der Waals surface area contributed by atoms with E-state index in [1.807, 2.05) is 25.3 Å². The lowest BCUT2D eigenvalue weighted by atomic mass is 10.1. The summed E-state index contributed by atoms with van der Waals surface area (Å²) in [6, 6.07) is 0.408. The molecule has 62 valence electrons. The maximum atomic E-state index is 3.70. The monoisotopic (exact) mass is 151 g/mol. The van der Waals surface area contributed by atoms with Gasteiger partial charge in [0.1, 0.15) is 0 Å². The van der Waals surface area contributed by atoms with Crippen LogP contribution in [0.25, 0.3) is 0 Å². The zero-order chi connectivity index (χ0) is 8.69. The fourth-order valence-corrected chi connectivity index (χ4v) is 0.893. The maximum Gasteiger partial charge on any atom is 0.0254 e. The summed E-state index contributed by atoms with van der Waals surface area (Å²) < 4.78 is 0. The minimum atomic E-state index is 0.408. The average molecular weight is 151 g/mol. The molecular weight excluding hydrogens is 134 g/mol. The minimum absolute atomic E-state index is 0.408. The molecule has 0 rings (SSSR count). The summed E-state index contributed by atoms with van der Waals surface area (Å²) in [7, 11) is 1.95. The van der Waals surface area contributed by atoms with E-state index in [2.05, 4.69) is 25.4 Å². The quantitative estimate of drug-likeness (QED) is 0.469. The lowest BCUT2D eigenvalue weighted by Crippen LogP contribution is -2.23. The molecule has 0 saturated heterocycles. The van der Waals surface area contributed by atoms with Crippen LogP contribution >= 0.6 is 0 Å². The molecule has 11 heavy (non-hydrogen) atoms. The van der Waals surface area contributed by atoms with Crippen molar-refractivity contribution in [3.8, 4) is 0 Å². The number of likely N-dealkylation sites (N-methyl/N-ethyl adjacent to an activating group) is 1. The van der Waals surface area contributed by atoms with Gasteiger partial charge in [-0.3, -0.25) is 0 Å². The van der Waals surface area contributed by atoms with E-state index in [1.54, 1.807) is 0 Å². The summed E-state index contributed by atoms with van der Waals surface area (Å²) in [5, 5.41) is 3.17. The van der Waals surface area contributed by atoms with Gasteiger partial charge >= 0.3 is 0 Å². The lowest BCUT2D eigenvalue weighted by Gasteiger charge is -2.12. The first-order chi connectivity index (χ1) is 5.26. The Hall–Kier alpha value is -0.820. The summed E-state index contributed by atoms with van der Waals surface area (Å²) in [4.78, 5) is 0. The van der Waals surface area contributed by atoms with Crippen molar-refractivity contribution in [2.45, 2.75) is 19.4 Å². The van der Waals surface area contributed by atoms with E-state index in [0.29, 0.717) is 6.04 Å². The van der Waals surface area contributed by atoms with Crippen molar-refractivity contribution in [1.82, 2.24) is 5.32 Å². The highest BCUT2D eigenvalue weighted by molar-refractivity contribution is 5.18. The molecule has 1 heteroatoms. The van der Waals surface area contributed by atoms with Crippen LogP contribution < -0.4 is 5.32 Å². The van der Waals surface area contributed by atoms with Crippen molar-refractivity contribution in [2.24, 2.45) is 0 Å². The van der Waals surface area contributed by atoms with E-state index >= 15 is 0 Å². The van der Waals surface area contributed by atoms with E-state index in [0.717, 1.165) is 6.42 Å². The van der Waals surface area contributed by atoms with Gasteiger partial charge in [-0.2, -0.15) is 0 Å². The smallest absolute Gasteiger partial charge is 0.0254 e. The Kier molecular flexibility index (Phi) is 5.49. The summed E-state index contributed by atoms with van der Waals surface area (Å²) in [5.74, 6) is 0. The van der Waals surface area contributed by atoms with Gasteiger partial charge in [-0.1, -0.05) is 24.8 Å². The summed E-state index contributed by atoms with van der Waals surface area (Å²) in [6.07, 6.45) is 6.67. The van der Waals surface area contributed by atoms with Crippen LogP contribution in [0.15, 0.2) is 37.0 Å². The van der Waals surface area contributed by atoms with E-state index in [4.69, 9.17) is 0 Å². The van der Waals surface area contributed by atoms with Crippen LogP contribution in [0.5, 0.6) is 0 Å². The first-order valence-electron chi connectivity index (χ1n) is 3.86. The van der Waals surface area contributed by atoms with E-state index < -0.39 is 0 Å². The van der Waals surface area contributed by atoms with E-state index in [9.17, 15) is 0 Å². The molecule has 0 bridgehead atoms. The van der Waals surface area contributed by atoms with Gasteiger partial charge < -0.3 is 5.32 Å². The van der Waals surface area contributed by atoms with Gasteiger partial charge in [0.05, 0.1) is 0 Å². The van der Waals surface area contributed by atoms with Crippen molar-refractivity contribution in [3.05, 3.63) is 37.0 Å². The molecule has 0 radical (unpaired) electrons. The van der Waals surface area contributed by atoms with Crippen molar-refractivity contribution >= 4 is 0 Å². The Bertz CT molecular complexity index is 156. The molecule has 0 amide bonds. The predicted octanol–water partition coefficient (Wildman–Crippen LogP) is 2.28. The molecule has 0 aliphatic carbocycles. The highest BCUT2D eigenvalue weighted by atomic mass is 14.9. The molecule has 1 unspecified atom stereocenters. The van der Waals surface area contributed by atoms with Crippen LogP contribution in [0.1, 0.15) is 13.3 Å². The Balaban J connectivity index is 4.19. The molecule has 0 aromatic carbocycles. The van der Waals surface area contributed by atoms with Crippen molar-refractivity contribution in [1.29, 1.82) is 0 Å². The summed E-state index contributed by atoms with van der Waals surface area (Å²) in [6.45, 7) is 9.48. The van der Waals surface area contributed by atoms with Crippen LogP contribution in [-0.2, 0) is 0 Å². The minimum Gasteiger partial charge on any atom is -0.314 e. The molecule has 0 heterocycles. The fraction of sp³-hybridized carbons (Fsp3) is 0.400. The molecule has 1 nitrogen and oxygen atoms in total. The first kappa shape index (κ1) is 10.2. The molecule has 0 aromatic rings. The third-order valence-electron chi connectivity index (χ3n) is 1.70. The number of rotatable bonds is 5. The molecular formula is C10H17N. The second kappa shape index (κ2) is 5.93. The predicted molar refractivity (Wildman–Crippen MR) is 51.6 cm³/mol. The molecule has 0 aliphatic heterocycles. The molecule has 0 saturated carbocycles. The average Bonchev–Trinajstić information content (AvgIpc) is 2.03. The molecule has 0 aromatic heterocycles. The second-order valence-electron chi connectivity index (χ2n) is 2.48. The Morgan fingerprint density at radius 2 is 2.18 bits per heavy atom. The van der Waals surface area contributed by atoms with Crippen LogP contribution in [0.2, 0.25) is 0 Å². The molecule has 1 atom stereocenters. The highest BCUT2D eigenvalue weighted by Gasteiger charge is 2.01. The van der Waals surface area contributed by atoms with E-state index in [1.165, 1.54) is 5.57 Å². The molecule has 1 N–H and O–H groups in total. The summed E-state index contributed by atoms with van der Waals surface area (Å²) in [5.41, 5.74) is 1.32. The fourth-order valence-electron chi connectivity index (χ4n) is 0.893. The topological polar surface area (TPSA) is 12.0 Å². The van der Waals surface area contributed by atoms with Crippen LogP contribution in [-0.4, -0.2) is 13.1 Å². The third-order valence-corrected chi connectivity index (χ3v) is 1.70. The van der Waals surface area contributed by atoms with Crippen LogP contribution in [0, 0.1) is 0 Å². The van der Waals surface area contributed by atoms with Gasteiger partial charge in [-0.05, 0) is 26.0 Å². The zero-order valence-corrected chi connectivity index (χ0v) is 7.43. The molecule has 0 aliphatic rings. The van der Waals surface area contributed by atoms with Crippen molar-refractivity contribution in [2.75, 3.05) is 7.05 Å². The second-order valence-corrected chi connectivity index (χ2v) is 2.48. The first-order valence-corrected chi connectivity index (χ1v) is 3.86. The van der Waals surface area contributed by atoms with Gasteiger partial charge in [-0.25, -0.2) is 0 Å². The van der Waals surface area contributed by atoms with E-state index in [-0.39, 0.29) is 0 Å². The Morgan fingerprint density at radius 3 is 2.55 bits per heavy atom. The number of nitrogens with one attached hydrogen (secondary N) is 1. The molecule has 0 spiro atoms. The van der Waals surface area contributed by atoms with Gasteiger partial charge in [0.2, 0.25) is 0 Å². The van der Waals surface area contributed by atoms with Crippen LogP contribution in [0.4, 0.5) is 0 Å². The maximum absolute atomic E-state index is 3.70. The number of allylic oxidation sites excluding steroid dienone is 3. The normalized spacial score (nSPS) is 14.2. The zero-order valence-electron chi connectivity index (χ0n) is 7.43. The highest BCUT2D eigenvalue weighted by Crippen LogP contribution is 2.07. The standard InChI is InChI=1S/C10H17N/c1-5-7-10(8-6-2)9(3)11-4/h5-7,9,11H,1-2,8H2,3-4H3/b10-7-. The van der Waals surface area contributed by atoms with Crippen LogP contribution in [0.3, 0.4) is 0 Å². The van der Waals surface area contributed by atoms with Crippen molar-refractivity contribution in [3.63, 3.8) is 0 Å². The van der Waals surface area contributed by atoms with Gasteiger partial charge in [0.15, 0.2) is 0 Å². The Labute approximate surface area is 69.5 Å². The van der Waals surface area contributed by atoms with Gasteiger partial charge in [-0.15, -0.1) is 6.58 Å². The third kappa shape index (κ3) is 3.79. The number of hydrogen-bond donors (Lipinski definition) is 1.